The highest BCUT2D eigenvalue weighted by atomic mass is 28.1. The Morgan fingerprint density at radius 3 is 2.62 bits per heavy atom. The van der Waals surface area contributed by atoms with E-state index >= 15 is 0 Å². The molecule has 1 aliphatic rings. The van der Waals surface area contributed by atoms with Crippen LogP contribution in [0.25, 0.3) is 0 Å². The van der Waals surface area contributed by atoms with Crippen LogP contribution < -0.4 is 5.32 Å². The van der Waals surface area contributed by atoms with Crippen molar-refractivity contribution in [2.45, 2.75) is 5.16 Å². The normalized spacial score (nSPS) is 26.9. The summed E-state index contributed by atoms with van der Waals surface area (Å²) in [4.78, 5) is 10.9. The van der Waals surface area contributed by atoms with Crippen LogP contribution in [0.15, 0.2) is 30.3 Å². The minimum absolute atomic E-state index is 0.224. The van der Waals surface area contributed by atoms with Gasteiger partial charge in [0.2, 0.25) is 0 Å². The van der Waals surface area contributed by atoms with E-state index in [0.717, 1.165) is 15.8 Å². The predicted molar refractivity (Wildman–Crippen MR) is 52.5 cm³/mol. The first kappa shape index (κ1) is 8.31. The Labute approximate surface area is 79.5 Å². The zero-order valence-electron chi connectivity index (χ0n) is 7.41. The van der Waals surface area contributed by atoms with Crippen molar-refractivity contribution in [1.82, 2.24) is 5.32 Å². The molecule has 4 heteroatoms. The van der Waals surface area contributed by atoms with Gasteiger partial charge in [0.05, 0.1) is 5.16 Å². The third kappa shape index (κ3) is 1.44. The molecule has 13 heavy (non-hydrogen) atoms. The summed E-state index contributed by atoms with van der Waals surface area (Å²) >= 11 is 0. The van der Waals surface area contributed by atoms with Gasteiger partial charge in [-0.05, 0) is 5.56 Å². The van der Waals surface area contributed by atoms with Crippen LogP contribution >= 0.6 is 0 Å². The van der Waals surface area contributed by atoms with Crippen LogP contribution in [-0.4, -0.2) is 22.9 Å². The highest BCUT2D eigenvalue weighted by Crippen LogP contribution is 2.21. The number of amides is 1. The average Bonchev–Trinajstić information content (AvgIpc) is 2.49. The fourth-order valence-electron chi connectivity index (χ4n) is 1.47. The number of ether oxygens (including phenoxy) is 1. The molecule has 2 rings (SSSR count). The van der Waals surface area contributed by atoms with Crippen LogP contribution in [0.4, 0.5) is 4.79 Å². The number of hydrogen-bond donors (Lipinski definition) is 1. The largest absolute Gasteiger partial charge is 0.447 e. The number of hydrogen-bond acceptors (Lipinski definition) is 2. The smallest absolute Gasteiger partial charge is 0.407 e. The molecule has 0 unspecified atom stereocenters. The lowest BCUT2D eigenvalue weighted by molar-refractivity contribution is 0.176. The summed E-state index contributed by atoms with van der Waals surface area (Å²) in [6, 6.07) is 9.94. The van der Waals surface area contributed by atoms with Gasteiger partial charge in [-0.15, -0.1) is 0 Å². The van der Waals surface area contributed by atoms with E-state index in [2.05, 4.69) is 5.32 Å². The number of benzene rings is 1. The molecule has 0 spiro atoms. The van der Waals surface area contributed by atoms with Crippen LogP contribution in [0.3, 0.4) is 0 Å². The van der Waals surface area contributed by atoms with Gasteiger partial charge in [0.15, 0.2) is 0 Å². The van der Waals surface area contributed by atoms with Gasteiger partial charge in [-0.2, -0.15) is 0 Å². The summed E-state index contributed by atoms with van der Waals surface area (Å²) in [7, 11) is 0.851. The van der Waals surface area contributed by atoms with Crippen LogP contribution in [0.5, 0.6) is 0 Å². The number of alkyl carbamates (subject to hydrolysis) is 1. The van der Waals surface area contributed by atoms with Crippen LogP contribution in [0, 0.1) is 0 Å². The minimum Gasteiger partial charge on any atom is -0.447 e. The Bertz CT molecular complexity index is 328. The van der Waals surface area contributed by atoms with E-state index in [-0.39, 0.29) is 11.3 Å². The Balaban J connectivity index is 2.31. The maximum atomic E-state index is 10.9. The van der Waals surface area contributed by atoms with Gasteiger partial charge in [0.25, 0.3) is 0 Å². The molecule has 1 aromatic carbocycles. The summed E-state index contributed by atoms with van der Waals surface area (Å²) in [6.07, 6.45) is -0.307. The molecule has 68 valence electrons. The summed E-state index contributed by atoms with van der Waals surface area (Å²) in [5, 5.41) is 2.62. The molecule has 0 radical (unpaired) electrons. The number of carbonyl (C=O) groups is 1. The third-order valence-electron chi connectivity index (χ3n) is 2.28. The quantitative estimate of drug-likeness (QED) is 0.635. The van der Waals surface area contributed by atoms with E-state index in [0.29, 0.717) is 6.61 Å². The molecule has 1 N–H and O–H groups in total. The van der Waals surface area contributed by atoms with Crippen LogP contribution in [0.1, 0.15) is 5.56 Å². The van der Waals surface area contributed by atoms with Crippen LogP contribution in [-0.2, 0) is 9.90 Å². The van der Waals surface area contributed by atoms with Crippen LogP contribution in [0.2, 0.25) is 0 Å². The predicted octanol–water partition coefficient (Wildman–Crippen LogP) is -0.0554. The number of rotatable bonds is 1. The Hall–Kier alpha value is -1.29. The van der Waals surface area contributed by atoms with E-state index in [4.69, 9.17) is 4.74 Å². The number of cyclic esters (lactones) is 1. The first-order valence-corrected chi connectivity index (χ1v) is 5.21. The molecule has 3 nitrogen and oxygen atoms in total. The number of carbonyl (C=O) groups excluding carboxylic acids is 1. The first-order chi connectivity index (χ1) is 6.21. The second kappa shape index (κ2) is 2.88. The topological polar surface area (TPSA) is 38.3 Å². The van der Waals surface area contributed by atoms with Crippen molar-refractivity contribution < 1.29 is 9.53 Å². The van der Waals surface area contributed by atoms with E-state index in [1.54, 1.807) is 0 Å². The standard InChI is InChI=1S/C9H11NO2Si/c11-8-10-9(13,6-12-8)7-4-2-1-3-5-7/h1-5H,6H2,13H3,(H,10,11)/t9-/m1/s1. The van der Waals surface area contributed by atoms with Gasteiger partial charge in [-0.25, -0.2) is 4.79 Å². The average molecular weight is 193 g/mol. The monoisotopic (exact) mass is 193 g/mol. The molecular weight excluding hydrogens is 182 g/mol. The molecule has 0 aromatic heterocycles. The molecule has 0 aliphatic carbocycles. The zero-order valence-corrected chi connectivity index (χ0v) is 9.41. The maximum Gasteiger partial charge on any atom is 0.407 e. The minimum atomic E-state index is -0.307. The van der Waals surface area contributed by atoms with Crippen molar-refractivity contribution in [3.63, 3.8) is 0 Å². The van der Waals surface area contributed by atoms with Gasteiger partial charge in [0.1, 0.15) is 6.61 Å². The van der Waals surface area contributed by atoms with Crippen molar-refractivity contribution in [2.75, 3.05) is 6.61 Å². The molecule has 0 bridgehead atoms. The van der Waals surface area contributed by atoms with Gasteiger partial charge >= 0.3 is 6.09 Å². The molecule has 0 saturated carbocycles. The maximum absolute atomic E-state index is 10.9. The molecular formula is C9H11NO2Si. The number of nitrogens with one attached hydrogen (secondary N) is 1. The lowest BCUT2D eigenvalue weighted by Crippen LogP contribution is -2.40. The Morgan fingerprint density at radius 2 is 2.08 bits per heavy atom. The summed E-state index contributed by atoms with van der Waals surface area (Å²) < 4.78 is 4.91. The summed E-state index contributed by atoms with van der Waals surface area (Å²) in [5.74, 6) is 0. The van der Waals surface area contributed by atoms with Gasteiger partial charge in [0, 0.05) is 10.2 Å². The SMILES string of the molecule is O=C1N[C@]([SiH3])(c2ccccc2)CO1. The summed E-state index contributed by atoms with van der Waals surface area (Å²) in [5.41, 5.74) is 1.13. The van der Waals surface area contributed by atoms with Crippen molar-refractivity contribution >= 4 is 16.3 Å². The summed E-state index contributed by atoms with van der Waals surface area (Å²) in [6.45, 7) is 0.460. The van der Waals surface area contributed by atoms with E-state index in [1.807, 2.05) is 30.3 Å². The van der Waals surface area contributed by atoms with Gasteiger partial charge in [-0.3, -0.25) is 0 Å². The lowest BCUT2D eigenvalue weighted by atomic mass is 10.1. The Morgan fingerprint density at radius 1 is 1.38 bits per heavy atom. The molecule has 1 fully saturated rings. The lowest BCUT2D eigenvalue weighted by Gasteiger charge is -2.21. The highest BCUT2D eigenvalue weighted by Gasteiger charge is 2.35. The van der Waals surface area contributed by atoms with Gasteiger partial charge < -0.3 is 10.1 Å². The molecule has 1 amide bonds. The van der Waals surface area contributed by atoms with E-state index < -0.39 is 0 Å². The zero-order chi connectivity index (χ0) is 9.31. The van der Waals surface area contributed by atoms with Crippen molar-refractivity contribution in [1.29, 1.82) is 0 Å². The molecule has 1 atom stereocenters. The second-order valence-electron chi connectivity index (χ2n) is 3.40. The molecule has 1 aliphatic heterocycles. The highest BCUT2D eigenvalue weighted by molar-refractivity contribution is 6.17. The molecule has 1 heterocycles. The van der Waals surface area contributed by atoms with E-state index in [9.17, 15) is 4.79 Å². The fourth-order valence-corrected chi connectivity index (χ4v) is 2.15. The fraction of sp³-hybridized carbons (Fsp3) is 0.222. The molecule has 1 aromatic rings. The van der Waals surface area contributed by atoms with Gasteiger partial charge in [-0.1, -0.05) is 30.3 Å². The van der Waals surface area contributed by atoms with E-state index in [1.165, 1.54) is 0 Å². The third-order valence-corrected chi connectivity index (χ3v) is 3.40. The van der Waals surface area contributed by atoms with Crippen molar-refractivity contribution in [3.8, 4) is 0 Å². The molecule has 1 saturated heterocycles. The van der Waals surface area contributed by atoms with Crippen molar-refractivity contribution in [2.24, 2.45) is 0 Å². The second-order valence-corrected chi connectivity index (χ2v) is 5.11. The van der Waals surface area contributed by atoms with Crippen molar-refractivity contribution in [3.05, 3.63) is 35.9 Å². The Kier molecular flexibility index (Phi) is 1.84. The first-order valence-electron chi connectivity index (χ1n) is 4.21.